The SMILES string of the molecule is Cc1c[nH]c2ccc(OC(C)(C)C)c(F)c12. The first-order chi connectivity index (χ1) is 7.38. The maximum Gasteiger partial charge on any atom is 0.174 e. The van der Waals surface area contributed by atoms with E-state index < -0.39 is 5.60 Å². The third kappa shape index (κ3) is 1.90. The molecule has 0 spiro atoms. The number of aryl methyl sites for hydroxylation is 1. The van der Waals surface area contributed by atoms with Gasteiger partial charge in [-0.2, -0.15) is 0 Å². The Morgan fingerprint density at radius 3 is 2.56 bits per heavy atom. The topological polar surface area (TPSA) is 25.0 Å². The van der Waals surface area contributed by atoms with Crippen molar-refractivity contribution >= 4 is 10.9 Å². The molecule has 0 aliphatic heterocycles. The lowest BCUT2D eigenvalue weighted by atomic mass is 10.1. The van der Waals surface area contributed by atoms with Gasteiger partial charge in [-0.15, -0.1) is 0 Å². The van der Waals surface area contributed by atoms with Gasteiger partial charge in [-0.25, -0.2) is 4.39 Å². The summed E-state index contributed by atoms with van der Waals surface area (Å²) in [7, 11) is 0. The van der Waals surface area contributed by atoms with Gasteiger partial charge in [0.15, 0.2) is 11.6 Å². The van der Waals surface area contributed by atoms with E-state index in [9.17, 15) is 4.39 Å². The number of hydrogen-bond donors (Lipinski definition) is 1. The second-order valence-electron chi connectivity index (χ2n) is 4.99. The molecule has 0 atom stereocenters. The number of nitrogens with one attached hydrogen (secondary N) is 1. The van der Waals surface area contributed by atoms with Crippen LogP contribution in [0.5, 0.6) is 5.75 Å². The zero-order valence-corrected chi connectivity index (χ0v) is 10.0. The molecule has 0 bridgehead atoms. The van der Waals surface area contributed by atoms with Crippen molar-refractivity contribution in [3.63, 3.8) is 0 Å². The molecule has 16 heavy (non-hydrogen) atoms. The zero-order valence-electron chi connectivity index (χ0n) is 10.0. The van der Waals surface area contributed by atoms with E-state index in [-0.39, 0.29) is 5.82 Å². The summed E-state index contributed by atoms with van der Waals surface area (Å²) in [6.07, 6.45) is 1.80. The van der Waals surface area contributed by atoms with Crippen LogP contribution in [0.25, 0.3) is 10.9 Å². The number of benzene rings is 1. The molecule has 0 unspecified atom stereocenters. The van der Waals surface area contributed by atoms with E-state index in [1.54, 1.807) is 12.3 Å². The Kier molecular flexibility index (Phi) is 2.41. The van der Waals surface area contributed by atoms with Crippen LogP contribution in [0, 0.1) is 12.7 Å². The van der Waals surface area contributed by atoms with Crippen molar-refractivity contribution in [2.45, 2.75) is 33.3 Å². The van der Waals surface area contributed by atoms with Gasteiger partial charge in [0.25, 0.3) is 0 Å². The van der Waals surface area contributed by atoms with Crippen LogP contribution in [0.2, 0.25) is 0 Å². The highest BCUT2D eigenvalue weighted by atomic mass is 19.1. The Bertz CT molecular complexity index is 522. The van der Waals surface area contributed by atoms with E-state index >= 15 is 0 Å². The Hall–Kier alpha value is -1.51. The zero-order chi connectivity index (χ0) is 11.9. The molecule has 1 heterocycles. The third-order valence-corrected chi connectivity index (χ3v) is 2.36. The molecule has 2 nitrogen and oxygen atoms in total. The summed E-state index contributed by atoms with van der Waals surface area (Å²) in [6.45, 7) is 7.59. The summed E-state index contributed by atoms with van der Waals surface area (Å²) >= 11 is 0. The molecule has 2 rings (SSSR count). The standard InChI is InChI=1S/C13H16FNO/c1-8-7-15-9-5-6-10(12(14)11(8)9)16-13(2,3)4/h5-7,15H,1-4H3. The molecule has 0 fully saturated rings. The van der Waals surface area contributed by atoms with Crippen LogP contribution < -0.4 is 4.74 Å². The highest BCUT2D eigenvalue weighted by molar-refractivity contribution is 5.85. The molecule has 0 radical (unpaired) electrons. The van der Waals surface area contributed by atoms with Crippen molar-refractivity contribution in [2.75, 3.05) is 0 Å². The molecule has 0 aliphatic rings. The minimum Gasteiger partial charge on any atom is -0.485 e. The summed E-state index contributed by atoms with van der Waals surface area (Å²) in [5, 5.41) is 0.613. The molecular formula is C13H16FNO. The number of aromatic nitrogens is 1. The first kappa shape index (κ1) is 11.0. The highest BCUT2D eigenvalue weighted by Crippen LogP contribution is 2.30. The minimum atomic E-state index is -0.390. The van der Waals surface area contributed by atoms with E-state index in [1.807, 2.05) is 33.8 Å². The number of halogens is 1. The summed E-state index contributed by atoms with van der Waals surface area (Å²) in [6, 6.07) is 3.51. The quantitative estimate of drug-likeness (QED) is 0.778. The average Bonchev–Trinajstić information content (AvgIpc) is 2.51. The first-order valence-corrected chi connectivity index (χ1v) is 5.34. The van der Waals surface area contributed by atoms with Gasteiger partial charge in [-0.05, 0) is 45.4 Å². The van der Waals surface area contributed by atoms with Gasteiger partial charge < -0.3 is 9.72 Å². The molecule has 0 amide bonds. The largest absolute Gasteiger partial charge is 0.485 e. The lowest BCUT2D eigenvalue weighted by molar-refractivity contribution is 0.125. The van der Waals surface area contributed by atoms with Crippen molar-refractivity contribution in [1.82, 2.24) is 4.98 Å². The van der Waals surface area contributed by atoms with Crippen LogP contribution in [0.1, 0.15) is 26.3 Å². The van der Waals surface area contributed by atoms with E-state index in [0.717, 1.165) is 11.1 Å². The molecule has 2 aromatic rings. The maximum absolute atomic E-state index is 14.1. The van der Waals surface area contributed by atoms with Gasteiger partial charge >= 0.3 is 0 Å². The van der Waals surface area contributed by atoms with Crippen LogP contribution in [0.15, 0.2) is 18.3 Å². The normalized spacial score (nSPS) is 12.1. The van der Waals surface area contributed by atoms with Crippen LogP contribution in [-0.2, 0) is 0 Å². The van der Waals surface area contributed by atoms with Crippen molar-refractivity contribution in [3.8, 4) is 5.75 Å². The van der Waals surface area contributed by atoms with E-state index in [1.165, 1.54) is 0 Å². The maximum atomic E-state index is 14.1. The fourth-order valence-corrected chi connectivity index (χ4v) is 1.73. The number of ether oxygens (including phenoxy) is 1. The lowest BCUT2D eigenvalue weighted by Crippen LogP contribution is -2.23. The molecule has 3 heteroatoms. The first-order valence-electron chi connectivity index (χ1n) is 5.34. The Balaban J connectivity index is 2.56. The van der Waals surface area contributed by atoms with Crippen LogP contribution >= 0.6 is 0 Å². The lowest BCUT2D eigenvalue weighted by Gasteiger charge is -2.21. The van der Waals surface area contributed by atoms with Gasteiger partial charge in [0.05, 0.1) is 0 Å². The van der Waals surface area contributed by atoms with Gasteiger partial charge in [0.1, 0.15) is 5.60 Å². The number of hydrogen-bond acceptors (Lipinski definition) is 1. The third-order valence-electron chi connectivity index (χ3n) is 2.36. The molecular weight excluding hydrogens is 205 g/mol. The summed E-state index contributed by atoms with van der Waals surface area (Å²) in [4.78, 5) is 3.02. The molecule has 0 aliphatic carbocycles. The van der Waals surface area contributed by atoms with Gasteiger partial charge in [-0.3, -0.25) is 0 Å². The van der Waals surface area contributed by atoms with Gasteiger partial charge in [-0.1, -0.05) is 0 Å². The monoisotopic (exact) mass is 221 g/mol. The van der Waals surface area contributed by atoms with Gasteiger partial charge in [0.2, 0.25) is 0 Å². The molecule has 86 valence electrons. The second kappa shape index (κ2) is 3.51. The van der Waals surface area contributed by atoms with Crippen molar-refractivity contribution in [3.05, 3.63) is 29.7 Å². The molecule has 0 saturated heterocycles. The highest BCUT2D eigenvalue weighted by Gasteiger charge is 2.17. The number of aromatic amines is 1. The Morgan fingerprint density at radius 2 is 1.94 bits per heavy atom. The fraction of sp³-hybridized carbons (Fsp3) is 0.385. The fourth-order valence-electron chi connectivity index (χ4n) is 1.73. The van der Waals surface area contributed by atoms with E-state index in [0.29, 0.717) is 11.1 Å². The van der Waals surface area contributed by atoms with Crippen LogP contribution in [0.3, 0.4) is 0 Å². The predicted molar refractivity (Wildman–Crippen MR) is 63.4 cm³/mol. The summed E-state index contributed by atoms with van der Waals surface area (Å²) in [5.41, 5.74) is 1.31. The predicted octanol–water partition coefficient (Wildman–Crippen LogP) is 3.79. The number of rotatable bonds is 1. The average molecular weight is 221 g/mol. The number of fused-ring (bicyclic) bond motifs is 1. The summed E-state index contributed by atoms with van der Waals surface area (Å²) < 4.78 is 19.7. The van der Waals surface area contributed by atoms with E-state index in [2.05, 4.69) is 4.98 Å². The summed E-state index contributed by atoms with van der Waals surface area (Å²) in [5.74, 6) is 0.0221. The second-order valence-corrected chi connectivity index (χ2v) is 4.99. The molecule has 1 N–H and O–H groups in total. The van der Waals surface area contributed by atoms with Gasteiger partial charge in [0, 0.05) is 17.1 Å². The smallest absolute Gasteiger partial charge is 0.174 e. The van der Waals surface area contributed by atoms with E-state index in [4.69, 9.17) is 4.74 Å². The van der Waals surface area contributed by atoms with Crippen molar-refractivity contribution in [1.29, 1.82) is 0 Å². The molecule has 0 saturated carbocycles. The van der Waals surface area contributed by atoms with Crippen LogP contribution in [0.4, 0.5) is 4.39 Å². The van der Waals surface area contributed by atoms with Crippen LogP contribution in [-0.4, -0.2) is 10.6 Å². The Morgan fingerprint density at radius 1 is 1.25 bits per heavy atom. The number of H-pyrrole nitrogens is 1. The minimum absolute atomic E-state index is 0.286. The van der Waals surface area contributed by atoms with Crippen molar-refractivity contribution in [2.24, 2.45) is 0 Å². The Labute approximate surface area is 94.4 Å². The molecule has 1 aromatic heterocycles. The van der Waals surface area contributed by atoms with Crippen molar-refractivity contribution < 1.29 is 9.13 Å². The molecule has 1 aromatic carbocycles.